The molecule has 0 spiro atoms. The van der Waals surface area contributed by atoms with Crippen LogP contribution in [0.2, 0.25) is 0 Å². The van der Waals surface area contributed by atoms with Crippen molar-refractivity contribution < 1.29 is 9.31 Å². The van der Waals surface area contributed by atoms with E-state index in [1.807, 2.05) is 32.3 Å². The highest BCUT2D eigenvalue weighted by molar-refractivity contribution is 6.57. The zero-order chi connectivity index (χ0) is 15.1. The maximum Gasteiger partial charge on any atom is 0.494 e. The van der Waals surface area contributed by atoms with Gasteiger partial charge in [0.15, 0.2) is 0 Å². The second-order valence-corrected chi connectivity index (χ2v) is 6.36. The van der Waals surface area contributed by atoms with Crippen molar-refractivity contribution in [2.24, 2.45) is 7.05 Å². The number of aryl methyl sites for hydroxylation is 1. The normalized spacial score (nSPS) is 22.6. The Hall–Kier alpha value is -1.26. The van der Waals surface area contributed by atoms with Crippen LogP contribution in [-0.2, 0) is 16.4 Å². The molecule has 0 aromatic carbocycles. The third-order valence-electron chi connectivity index (χ3n) is 4.37. The van der Waals surface area contributed by atoms with Gasteiger partial charge in [0.2, 0.25) is 0 Å². The molecular weight excluding hydrogens is 249 g/mol. The van der Waals surface area contributed by atoms with Gasteiger partial charge in [0.05, 0.1) is 11.2 Å². The summed E-state index contributed by atoms with van der Waals surface area (Å²) in [5, 5.41) is 2.08. The van der Waals surface area contributed by atoms with Crippen LogP contribution in [0, 0.1) is 0 Å². The number of aromatic nitrogens is 1. The highest BCUT2D eigenvalue weighted by Crippen LogP contribution is 2.38. The Morgan fingerprint density at radius 3 is 2.20 bits per heavy atom. The molecule has 1 aliphatic heterocycles. The second kappa shape index (κ2) is 4.94. The van der Waals surface area contributed by atoms with E-state index < -0.39 is 0 Å². The Labute approximate surface area is 121 Å². The molecule has 1 aromatic rings. The number of hydrogen-bond acceptors (Lipinski definition) is 2. The van der Waals surface area contributed by atoms with Gasteiger partial charge >= 0.3 is 7.12 Å². The van der Waals surface area contributed by atoms with Gasteiger partial charge in [0, 0.05) is 18.6 Å². The topological polar surface area (TPSA) is 23.4 Å². The van der Waals surface area contributed by atoms with E-state index >= 15 is 0 Å². The molecule has 1 saturated heterocycles. The molecule has 0 amide bonds. The van der Waals surface area contributed by atoms with Gasteiger partial charge in [-0.3, -0.25) is 0 Å². The Balaban J connectivity index is 2.39. The van der Waals surface area contributed by atoms with Crippen molar-refractivity contribution in [3.8, 4) is 0 Å². The molecule has 1 aromatic heterocycles. The summed E-state index contributed by atoms with van der Waals surface area (Å²) in [6.45, 7) is 14.3. The largest absolute Gasteiger partial charge is 0.494 e. The standard InChI is InChI=1S/C16H24BNO2/c1-8-13(11-14-12(2)9-10-18(14)7)17-19-15(3,4)16(5,6)20-17/h8-11H,2H2,1,3-7H3/b13-8+,14-11+. The molecular formula is C16H24BNO2. The Bertz CT molecular complexity index is 624. The number of allylic oxidation sites excluding steroid dienone is 2. The summed E-state index contributed by atoms with van der Waals surface area (Å²) in [6, 6.07) is 2.00. The lowest BCUT2D eigenvalue weighted by Gasteiger charge is -2.32. The van der Waals surface area contributed by atoms with Gasteiger partial charge in [-0.05, 0) is 57.5 Å². The highest BCUT2D eigenvalue weighted by atomic mass is 16.7. The van der Waals surface area contributed by atoms with Crippen LogP contribution >= 0.6 is 0 Å². The molecule has 0 saturated carbocycles. The first-order chi connectivity index (χ1) is 9.18. The summed E-state index contributed by atoms with van der Waals surface area (Å²) in [4.78, 5) is 0. The van der Waals surface area contributed by atoms with Crippen LogP contribution in [0.5, 0.6) is 0 Å². The predicted molar refractivity (Wildman–Crippen MR) is 84.5 cm³/mol. The van der Waals surface area contributed by atoms with Crippen LogP contribution < -0.4 is 10.6 Å². The van der Waals surface area contributed by atoms with E-state index in [0.29, 0.717) is 0 Å². The number of hydrogen-bond donors (Lipinski definition) is 0. The number of rotatable bonds is 2. The van der Waals surface area contributed by atoms with Crippen LogP contribution in [0.1, 0.15) is 34.6 Å². The summed E-state index contributed by atoms with van der Waals surface area (Å²) in [6.07, 6.45) is 6.13. The third kappa shape index (κ3) is 2.50. The Morgan fingerprint density at radius 2 is 1.80 bits per heavy atom. The van der Waals surface area contributed by atoms with Crippen molar-refractivity contribution in [2.45, 2.75) is 45.8 Å². The van der Waals surface area contributed by atoms with Gasteiger partial charge < -0.3 is 13.9 Å². The van der Waals surface area contributed by atoms with E-state index in [4.69, 9.17) is 9.31 Å². The zero-order valence-corrected chi connectivity index (χ0v) is 13.4. The molecule has 0 atom stereocenters. The molecule has 2 rings (SSSR count). The molecule has 3 nitrogen and oxygen atoms in total. The van der Waals surface area contributed by atoms with Crippen molar-refractivity contribution in [1.82, 2.24) is 4.57 Å². The molecule has 4 heteroatoms. The zero-order valence-electron chi connectivity index (χ0n) is 13.4. The molecule has 0 radical (unpaired) electrons. The maximum absolute atomic E-state index is 6.09. The maximum atomic E-state index is 6.09. The predicted octanol–water partition coefficient (Wildman–Crippen LogP) is 1.79. The summed E-state index contributed by atoms with van der Waals surface area (Å²) >= 11 is 0. The fourth-order valence-corrected chi connectivity index (χ4v) is 2.21. The molecule has 108 valence electrons. The molecule has 0 bridgehead atoms. The van der Waals surface area contributed by atoms with Gasteiger partial charge in [-0.1, -0.05) is 12.7 Å². The average molecular weight is 273 g/mol. The van der Waals surface area contributed by atoms with E-state index in [9.17, 15) is 0 Å². The molecule has 20 heavy (non-hydrogen) atoms. The summed E-state index contributed by atoms with van der Waals surface area (Å²) in [5.41, 5.74) is 0.387. The fraction of sp³-hybridized carbons (Fsp3) is 0.500. The third-order valence-corrected chi connectivity index (χ3v) is 4.37. The van der Waals surface area contributed by atoms with E-state index in [0.717, 1.165) is 16.0 Å². The lowest BCUT2D eigenvalue weighted by Crippen LogP contribution is -2.41. The Morgan fingerprint density at radius 1 is 1.25 bits per heavy atom. The van der Waals surface area contributed by atoms with Crippen molar-refractivity contribution in [1.29, 1.82) is 0 Å². The molecule has 1 fully saturated rings. The van der Waals surface area contributed by atoms with Gasteiger partial charge in [-0.2, -0.15) is 0 Å². The molecule has 2 heterocycles. The van der Waals surface area contributed by atoms with Crippen LogP contribution in [0.4, 0.5) is 0 Å². The van der Waals surface area contributed by atoms with Crippen molar-refractivity contribution in [3.63, 3.8) is 0 Å². The van der Waals surface area contributed by atoms with Crippen LogP contribution in [0.25, 0.3) is 12.7 Å². The molecule has 0 N–H and O–H groups in total. The minimum Gasteiger partial charge on any atom is -0.399 e. The SMILES string of the molecule is C=c1ccn(C)/c1=C/C(=C\C)B1OC(C)(C)C(C)(C)O1. The van der Waals surface area contributed by atoms with Gasteiger partial charge in [-0.25, -0.2) is 0 Å². The molecule has 0 aliphatic carbocycles. The average Bonchev–Trinajstić information content (AvgIpc) is 2.75. The first kappa shape index (κ1) is 15.1. The van der Waals surface area contributed by atoms with E-state index in [2.05, 4.69) is 44.9 Å². The quantitative estimate of drug-likeness (QED) is 0.767. The van der Waals surface area contributed by atoms with Gasteiger partial charge in [-0.15, -0.1) is 0 Å². The van der Waals surface area contributed by atoms with E-state index in [-0.39, 0.29) is 18.3 Å². The van der Waals surface area contributed by atoms with E-state index in [1.165, 1.54) is 0 Å². The van der Waals surface area contributed by atoms with Crippen molar-refractivity contribution in [2.75, 3.05) is 0 Å². The molecule has 0 unspecified atom stereocenters. The monoisotopic (exact) mass is 273 g/mol. The van der Waals surface area contributed by atoms with Crippen LogP contribution in [0.15, 0.2) is 23.8 Å². The van der Waals surface area contributed by atoms with Crippen molar-refractivity contribution in [3.05, 3.63) is 34.4 Å². The highest BCUT2D eigenvalue weighted by Gasteiger charge is 2.51. The van der Waals surface area contributed by atoms with Crippen LogP contribution in [0.3, 0.4) is 0 Å². The van der Waals surface area contributed by atoms with Crippen molar-refractivity contribution >= 4 is 19.8 Å². The second-order valence-electron chi connectivity index (χ2n) is 6.36. The summed E-state index contributed by atoms with van der Waals surface area (Å²) in [5.74, 6) is 0. The lowest BCUT2D eigenvalue weighted by atomic mass is 9.77. The van der Waals surface area contributed by atoms with E-state index in [1.54, 1.807) is 0 Å². The summed E-state index contributed by atoms with van der Waals surface area (Å²) < 4.78 is 14.2. The van der Waals surface area contributed by atoms with Gasteiger partial charge in [0.1, 0.15) is 0 Å². The molecule has 1 aliphatic rings. The van der Waals surface area contributed by atoms with Crippen LogP contribution in [-0.4, -0.2) is 22.9 Å². The number of nitrogens with zero attached hydrogens (tertiary/aromatic N) is 1. The Kier molecular flexibility index (Phi) is 3.74. The summed E-state index contributed by atoms with van der Waals surface area (Å²) in [7, 11) is 1.68. The lowest BCUT2D eigenvalue weighted by molar-refractivity contribution is 0.00578. The minimum atomic E-state index is -0.334. The first-order valence-electron chi connectivity index (χ1n) is 7.02. The van der Waals surface area contributed by atoms with Gasteiger partial charge in [0.25, 0.3) is 0 Å². The fourth-order valence-electron chi connectivity index (χ4n) is 2.21. The minimum absolute atomic E-state index is 0.318. The smallest absolute Gasteiger partial charge is 0.399 e. The first-order valence-corrected chi connectivity index (χ1v) is 7.02.